The van der Waals surface area contributed by atoms with Gasteiger partial charge in [-0.25, -0.2) is 4.98 Å². The molecule has 1 aliphatic heterocycles. The van der Waals surface area contributed by atoms with Gasteiger partial charge in [-0.1, -0.05) is 18.2 Å². The number of thiazole rings is 1. The highest BCUT2D eigenvalue weighted by atomic mass is 32.1. The lowest BCUT2D eigenvalue weighted by atomic mass is 9.99. The maximum atomic E-state index is 13.4. The number of carbonyl (C=O) groups excluding carboxylic acids is 2. The Morgan fingerprint density at radius 3 is 2.45 bits per heavy atom. The van der Waals surface area contributed by atoms with E-state index in [1.165, 1.54) is 16.2 Å². The summed E-state index contributed by atoms with van der Waals surface area (Å²) in [6.45, 7) is 7.23. The number of aromatic nitrogens is 1. The van der Waals surface area contributed by atoms with E-state index >= 15 is 0 Å². The maximum absolute atomic E-state index is 13.4. The summed E-state index contributed by atoms with van der Waals surface area (Å²) in [6, 6.07) is 10.00. The topological polar surface area (TPSA) is 83.6 Å². The summed E-state index contributed by atoms with van der Waals surface area (Å²) in [4.78, 5) is 32.7. The molecule has 3 heterocycles. The van der Waals surface area contributed by atoms with Crippen LogP contribution in [0.3, 0.4) is 0 Å². The van der Waals surface area contributed by atoms with Crippen molar-refractivity contribution in [3.05, 3.63) is 80.4 Å². The van der Waals surface area contributed by atoms with Crippen LogP contribution in [0.5, 0.6) is 0 Å². The lowest BCUT2D eigenvalue weighted by Crippen LogP contribution is -2.31. The molecule has 0 aliphatic carbocycles. The van der Waals surface area contributed by atoms with Gasteiger partial charge in [-0.2, -0.15) is 0 Å². The van der Waals surface area contributed by atoms with Gasteiger partial charge in [-0.3, -0.25) is 14.5 Å². The molecule has 0 bridgehead atoms. The summed E-state index contributed by atoms with van der Waals surface area (Å²) >= 11 is 1.25. The lowest BCUT2D eigenvalue weighted by molar-refractivity contribution is -0.117. The normalized spacial score (nSPS) is 16.8. The van der Waals surface area contributed by atoms with E-state index in [2.05, 4.69) is 4.98 Å². The molecule has 1 aliphatic rings. The molecule has 3 aromatic rings. The quantitative estimate of drug-likeness (QED) is 0.630. The van der Waals surface area contributed by atoms with Crippen molar-refractivity contribution in [2.75, 3.05) is 4.90 Å². The third-order valence-electron chi connectivity index (χ3n) is 4.97. The predicted octanol–water partition coefficient (Wildman–Crippen LogP) is 4.75. The number of para-hydroxylation sites is 1. The van der Waals surface area contributed by atoms with E-state index in [1.807, 2.05) is 32.0 Å². The average molecular weight is 408 g/mol. The van der Waals surface area contributed by atoms with E-state index < -0.39 is 23.5 Å². The summed E-state index contributed by atoms with van der Waals surface area (Å²) < 4.78 is 5.80. The first-order valence-corrected chi connectivity index (χ1v) is 9.98. The summed E-state index contributed by atoms with van der Waals surface area (Å²) in [7, 11) is 0. The van der Waals surface area contributed by atoms with Gasteiger partial charge in [0.25, 0.3) is 5.91 Å². The molecule has 2 aromatic heterocycles. The number of anilines is 1. The van der Waals surface area contributed by atoms with Crippen molar-refractivity contribution in [1.82, 2.24) is 4.98 Å². The van der Waals surface area contributed by atoms with Crippen molar-refractivity contribution >= 4 is 28.7 Å². The molecule has 0 radical (unpaired) electrons. The Morgan fingerprint density at radius 2 is 1.86 bits per heavy atom. The summed E-state index contributed by atoms with van der Waals surface area (Å²) in [6.07, 6.45) is 0. The smallest absolute Gasteiger partial charge is 0.294 e. The lowest BCUT2D eigenvalue weighted by Gasteiger charge is -2.26. The van der Waals surface area contributed by atoms with Crippen LogP contribution in [0.4, 0.5) is 5.69 Å². The fraction of sp³-hybridized carbons (Fsp3) is 0.227. The largest absolute Gasteiger partial charge is 0.503 e. The van der Waals surface area contributed by atoms with Crippen molar-refractivity contribution in [3.63, 3.8) is 0 Å². The number of benzene rings is 1. The van der Waals surface area contributed by atoms with E-state index in [1.54, 1.807) is 32.0 Å². The van der Waals surface area contributed by atoms with Gasteiger partial charge in [0.05, 0.1) is 21.2 Å². The number of ketones is 1. The highest BCUT2D eigenvalue weighted by molar-refractivity contribution is 7.14. The number of rotatable bonds is 4. The first-order valence-electron chi connectivity index (χ1n) is 9.17. The molecule has 148 valence electrons. The Bertz CT molecular complexity index is 1170. The Kier molecular flexibility index (Phi) is 4.62. The third-order valence-corrected chi connectivity index (χ3v) is 6.04. The number of furan rings is 1. The zero-order valence-electron chi connectivity index (χ0n) is 16.5. The first-order chi connectivity index (χ1) is 13.8. The minimum absolute atomic E-state index is 0.0133. The molecule has 7 heteroatoms. The molecule has 1 atom stereocenters. The van der Waals surface area contributed by atoms with Gasteiger partial charge in [0, 0.05) is 5.69 Å². The molecule has 29 heavy (non-hydrogen) atoms. The van der Waals surface area contributed by atoms with E-state index in [-0.39, 0.29) is 5.57 Å². The fourth-order valence-electron chi connectivity index (χ4n) is 3.65. The molecule has 1 N–H and O–H groups in total. The van der Waals surface area contributed by atoms with Gasteiger partial charge in [-0.15, -0.1) is 11.3 Å². The number of hydrogen-bond acceptors (Lipinski definition) is 6. The molecule has 0 spiro atoms. The average Bonchev–Trinajstić information content (AvgIpc) is 3.32. The van der Waals surface area contributed by atoms with Gasteiger partial charge >= 0.3 is 0 Å². The van der Waals surface area contributed by atoms with E-state index in [0.717, 1.165) is 10.6 Å². The molecule has 1 amide bonds. The van der Waals surface area contributed by atoms with Crippen molar-refractivity contribution < 1.29 is 19.1 Å². The molecule has 0 fully saturated rings. The third kappa shape index (κ3) is 3.07. The Balaban J connectivity index is 1.91. The molecule has 0 saturated carbocycles. The van der Waals surface area contributed by atoms with Crippen molar-refractivity contribution in [2.45, 2.75) is 33.7 Å². The number of aliphatic hydroxyl groups excluding tert-OH is 1. The molecule has 6 nitrogen and oxygen atoms in total. The standard InChI is InChI=1S/C22H20N2O4S/c1-11-7-5-6-8-15(11)24-18(16-10-9-12(2)28-16)17(20(26)22(24)27)19(25)21-13(3)23-14(4)29-21/h5-10,18,26H,1-4H3. The number of amides is 1. The molecule has 1 aromatic carbocycles. The van der Waals surface area contributed by atoms with E-state index in [0.29, 0.717) is 27.8 Å². The second kappa shape index (κ2) is 7.00. The van der Waals surface area contributed by atoms with Crippen LogP contribution in [0, 0.1) is 27.7 Å². The van der Waals surface area contributed by atoms with Gasteiger partial charge in [0.15, 0.2) is 5.76 Å². The van der Waals surface area contributed by atoms with Crippen LogP contribution in [-0.2, 0) is 4.79 Å². The monoisotopic (exact) mass is 408 g/mol. The van der Waals surface area contributed by atoms with Crippen molar-refractivity contribution in [2.24, 2.45) is 0 Å². The van der Waals surface area contributed by atoms with Crippen LogP contribution in [0.25, 0.3) is 0 Å². The maximum Gasteiger partial charge on any atom is 0.294 e. The van der Waals surface area contributed by atoms with Crippen LogP contribution < -0.4 is 4.90 Å². The van der Waals surface area contributed by atoms with Crippen LogP contribution in [0.1, 0.15) is 43.5 Å². The van der Waals surface area contributed by atoms with Gasteiger partial charge in [-0.05, 0) is 51.5 Å². The Labute approximate surface area is 172 Å². The van der Waals surface area contributed by atoms with Crippen LogP contribution in [-0.4, -0.2) is 21.8 Å². The number of aliphatic hydroxyl groups is 1. The number of carbonyl (C=O) groups is 2. The minimum atomic E-state index is -0.855. The Morgan fingerprint density at radius 1 is 1.14 bits per heavy atom. The first kappa shape index (κ1) is 19.1. The molecule has 1 unspecified atom stereocenters. The van der Waals surface area contributed by atoms with Gasteiger partial charge in [0.2, 0.25) is 5.78 Å². The molecular formula is C22H20N2O4S. The van der Waals surface area contributed by atoms with Crippen LogP contribution >= 0.6 is 11.3 Å². The van der Waals surface area contributed by atoms with Gasteiger partial charge < -0.3 is 9.52 Å². The minimum Gasteiger partial charge on any atom is -0.503 e. The predicted molar refractivity (Wildman–Crippen MR) is 110 cm³/mol. The van der Waals surface area contributed by atoms with E-state index in [9.17, 15) is 14.7 Å². The Hall–Kier alpha value is -3.19. The summed E-state index contributed by atoms with van der Waals surface area (Å²) in [5.74, 6) is -0.511. The number of hydrogen-bond donors (Lipinski definition) is 1. The van der Waals surface area contributed by atoms with E-state index in [4.69, 9.17) is 4.42 Å². The summed E-state index contributed by atoms with van der Waals surface area (Å²) in [5, 5.41) is 11.5. The second-order valence-corrected chi connectivity index (χ2v) is 8.25. The van der Waals surface area contributed by atoms with Gasteiger partial charge in [0.1, 0.15) is 17.6 Å². The second-order valence-electron chi connectivity index (χ2n) is 7.05. The molecule has 4 rings (SSSR count). The van der Waals surface area contributed by atoms with Crippen LogP contribution in [0.2, 0.25) is 0 Å². The van der Waals surface area contributed by atoms with Crippen molar-refractivity contribution in [3.8, 4) is 0 Å². The van der Waals surface area contributed by atoms with Crippen molar-refractivity contribution in [1.29, 1.82) is 0 Å². The zero-order valence-corrected chi connectivity index (χ0v) is 17.3. The SMILES string of the molecule is Cc1ccc(C2C(C(=O)c3sc(C)nc3C)=C(O)C(=O)N2c2ccccc2C)o1. The highest BCUT2D eigenvalue weighted by Gasteiger charge is 2.47. The summed E-state index contributed by atoms with van der Waals surface area (Å²) in [5.41, 5.74) is 2.05. The van der Waals surface area contributed by atoms with Crippen LogP contribution in [0.15, 0.2) is 52.1 Å². The number of Topliss-reactive ketones (excluding diaryl/α,β-unsaturated/α-hetero) is 1. The number of aryl methyl sites for hydroxylation is 4. The number of nitrogens with zero attached hydrogens (tertiary/aromatic N) is 2. The molecule has 0 saturated heterocycles. The fourth-order valence-corrected chi connectivity index (χ4v) is 4.53. The molecular weight excluding hydrogens is 388 g/mol. The zero-order chi connectivity index (χ0) is 20.9. The highest BCUT2D eigenvalue weighted by Crippen LogP contribution is 2.43.